The fourth-order valence-electron chi connectivity index (χ4n) is 1.07. The molecule has 66 valence electrons. The van der Waals surface area contributed by atoms with Crippen molar-refractivity contribution in [1.82, 2.24) is 4.57 Å². The molecule has 1 rings (SSSR count). The Bertz CT molecular complexity index is 291. The first-order chi connectivity index (χ1) is 5.41. The van der Waals surface area contributed by atoms with Crippen LogP contribution in [0, 0.1) is 5.41 Å². The van der Waals surface area contributed by atoms with Gasteiger partial charge in [0.15, 0.2) is 5.78 Å². The second-order valence-corrected chi connectivity index (χ2v) is 4.14. The summed E-state index contributed by atoms with van der Waals surface area (Å²) in [6.45, 7) is 5.80. The predicted octanol–water partition coefficient (Wildman–Crippen LogP) is 2.25. The number of ketones is 1. The fraction of sp³-hybridized carbons (Fsp3) is 0.500. The van der Waals surface area contributed by atoms with Gasteiger partial charge in [-0.15, -0.1) is 0 Å². The SMILES string of the molecule is Cn1ccc(C(=O)C(C)(C)C)c1. The molecule has 0 N–H and O–H groups in total. The minimum atomic E-state index is -0.276. The molecule has 0 aliphatic heterocycles. The number of hydrogen-bond acceptors (Lipinski definition) is 1. The van der Waals surface area contributed by atoms with Gasteiger partial charge in [0.2, 0.25) is 0 Å². The minimum Gasteiger partial charge on any atom is -0.357 e. The van der Waals surface area contributed by atoms with E-state index in [0.717, 1.165) is 5.56 Å². The van der Waals surface area contributed by atoms with Crippen LogP contribution in [0.15, 0.2) is 18.5 Å². The second-order valence-electron chi connectivity index (χ2n) is 4.14. The molecule has 1 aromatic heterocycles. The third kappa shape index (κ3) is 1.76. The molecule has 12 heavy (non-hydrogen) atoms. The third-order valence-corrected chi connectivity index (χ3v) is 1.78. The summed E-state index contributed by atoms with van der Waals surface area (Å²) in [7, 11) is 1.92. The van der Waals surface area contributed by atoms with Crippen LogP contribution in [0.1, 0.15) is 31.1 Å². The lowest BCUT2D eigenvalue weighted by Crippen LogP contribution is -2.19. The molecular formula is C10H15NO. The largest absolute Gasteiger partial charge is 0.357 e. The zero-order chi connectivity index (χ0) is 9.35. The molecule has 0 amide bonds. The summed E-state index contributed by atoms with van der Waals surface area (Å²) in [5.41, 5.74) is 0.520. The van der Waals surface area contributed by atoms with Crippen molar-refractivity contribution in [2.24, 2.45) is 12.5 Å². The van der Waals surface area contributed by atoms with E-state index in [4.69, 9.17) is 0 Å². The molecule has 0 aliphatic rings. The maximum absolute atomic E-state index is 11.7. The Morgan fingerprint density at radius 1 is 1.42 bits per heavy atom. The second kappa shape index (κ2) is 2.77. The van der Waals surface area contributed by atoms with Crippen LogP contribution in [0.2, 0.25) is 0 Å². The molecule has 0 aliphatic carbocycles. The average molecular weight is 165 g/mol. The summed E-state index contributed by atoms with van der Waals surface area (Å²) >= 11 is 0. The Labute approximate surface area is 73.2 Å². The first-order valence-electron chi connectivity index (χ1n) is 4.08. The van der Waals surface area contributed by atoms with Gasteiger partial charge >= 0.3 is 0 Å². The maximum Gasteiger partial charge on any atom is 0.169 e. The predicted molar refractivity (Wildman–Crippen MR) is 49.2 cm³/mol. The van der Waals surface area contributed by atoms with Crippen molar-refractivity contribution < 1.29 is 4.79 Å². The van der Waals surface area contributed by atoms with Gasteiger partial charge in [0.05, 0.1) is 0 Å². The monoisotopic (exact) mass is 165 g/mol. The first kappa shape index (κ1) is 9.04. The van der Waals surface area contributed by atoms with E-state index < -0.39 is 0 Å². The fourth-order valence-corrected chi connectivity index (χ4v) is 1.07. The smallest absolute Gasteiger partial charge is 0.169 e. The van der Waals surface area contributed by atoms with Gasteiger partial charge in [-0.25, -0.2) is 0 Å². The number of Topliss-reactive ketones (excluding diaryl/α,β-unsaturated/α-hetero) is 1. The highest BCUT2D eigenvalue weighted by Crippen LogP contribution is 2.20. The number of rotatable bonds is 1. The number of hydrogen-bond donors (Lipinski definition) is 0. The van der Waals surface area contributed by atoms with Crippen molar-refractivity contribution in [3.8, 4) is 0 Å². The summed E-state index contributed by atoms with van der Waals surface area (Å²) in [6.07, 6.45) is 3.74. The van der Waals surface area contributed by atoms with Gasteiger partial charge in [-0.3, -0.25) is 4.79 Å². The Morgan fingerprint density at radius 2 is 2.00 bits per heavy atom. The molecule has 1 aromatic rings. The number of carbonyl (C=O) groups is 1. The van der Waals surface area contributed by atoms with Crippen molar-refractivity contribution >= 4 is 5.78 Å². The molecule has 0 spiro atoms. The highest BCUT2D eigenvalue weighted by molar-refractivity contribution is 5.99. The summed E-state index contributed by atoms with van der Waals surface area (Å²) < 4.78 is 1.89. The lowest BCUT2D eigenvalue weighted by molar-refractivity contribution is 0.0858. The van der Waals surface area contributed by atoms with Crippen LogP contribution in [-0.2, 0) is 7.05 Å². The zero-order valence-corrected chi connectivity index (χ0v) is 8.09. The van der Waals surface area contributed by atoms with Gasteiger partial charge < -0.3 is 4.57 Å². The van der Waals surface area contributed by atoms with Crippen LogP contribution in [0.5, 0.6) is 0 Å². The van der Waals surface area contributed by atoms with Gasteiger partial charge in [-0.1, -0.05) is 20.8 Å². The standard InChI is InChI=1S/C10H15NO/c1-10(2,3)9(12)8-5-6-11(4)7-8/h5-7H,1-4H3. The molecule has 0 radical (unpaired) electrons. The van der Waals surface area contributed by atoms with Gasteiger partial charge in [-0.05, 0) is 6.07 Å². The quantitative estimate of drug-likeness (QED) is 0.585. The highest BCUT2D eigenvalue weighted by atomic mass is 16.1. The summed E-state index contributed by atoms with van der Waals surface area (Å²) in [4.78, 5) is 11.7. The van der Waals surface area contributed by atoms with Crippen molar-refractivity contribution in [2.45, 2.75) is 20.8 Å². The number of aromatic nitrogens is 1. The van der Waals surface area contributed by atoms with Gasteiger partial charge in [0, 0.05) is 30.4 Å². The lowest BCUT2D eigenvalue weighted by Gasteiger charge is -2.14. The number of aryl methyl sites for hydroxylation is 1. The van der Waals surface area contributed by atoms with E-state index >= 15 is 0 Å². The van der Waals surface area contributed by atoms with E-state index in [1.807, 2.05) is 50.8 Å². The van der Waals surface area contributed by atoms with Crippen LogP contribution < -0.4 is 0 Å². The van der Waals surface area contributed by atoms with E-state index in [1.165, 1.54) is 0 Å². The van der Waals surface area contributed by atoms with E-state index in [1.54, 1.807) is 0 Å². The van der Waals surface area contributed by atoms with Gasteiger partial charge in [0.25, 0.3) is 0 Å². The van der Waals surface area contributed by atoms with E-state index in [-0.39, 0.29) is 11.2 Å². The topological polar surface area (TPSA) is 22.0 Å². The minimum absolute atomic E-state index is 0.197. The molecule has 0 saturated heterocycles. The normalized spacial score (nSPS) is 11.7. The molecule has 0 atom stereocenters. The van der Waals surface area contributed by atoms with Crippen LogP contribution in [0.3, 0.4) is 0 Å². The van der Waals surface area contributed by atoms with Crippen LogP contribution >= 0.6 is 0 Å². The zero-order valence-electron chi connectivity index (χ0n) is 8.09. The molecule has 0 saturated carbocycles. The van der Waals surface area contributed by atoms with Crippen LogP contribution in [-0.4, -0.2) is 10.4 Å². The van der Waals surface area contributed by atoms with Crippen molar-refractivity contribution in [3.05, 3.63) is 24.0 Å². The van der Waals surface area contributed by atoms with E-state index in [9.17, 15) is 4.79 Å². The maximum atomic E-state index is 11.7. The Morgan fingerprint density at radius 3 is 2.33 bits per heavy atom. The molecule has 0 unspecified atom stereocenters. The molecular weight excluding hydrogens is 150 g/mol. The highest BCUT2D eigenvalue weighted by Gasteiger charge is 2.22. The first-order valence-corrected chi connectivity index (χ1v) is 4.08. The lowest BCUT2D eigenvalue weighted by atomic mass is 9.88. The number of nitrogens with zero attached hydrogens (tertiary/aromatic N) is 1. The van der Waals surface area contributed by atoms with Gasteiger partial charge in [-0.2, -0.15) is 0 Å². The third-order valence-electron chi connectivity index (χ3n) is 1.78. The number of carbonyl (C=O) groups excluding carboxylic acids is 1. The Hall–Kier alpha value is -1.05. The Balaban J connectivity index is 2.93. The summed E-state index contributed by atoms with van der Waals surface area (Å²) in [5.74, 6) is 0.197. The molecule has 0 fully saturated rings. The molecule has 2 nitrogen and oxygen atoms in total. The molecule has 1 heterocycles. The van der Waals surface area contributed by atoms with Crippen molar-refractivity contribution in [3.63, 3.8) is 0 Å². The van der Waals surface area contributed by atoms with Gasteiger partial charge in [0.1, 0.15) is 0 Å². The summed E-state index contributed by atoms with van der Waals surface area (Å²) in [5, 5.41) is 0. The van der Waals surface area contributed by atoms with E-state index in [0.29, 0.717) is 0 Å². The molecule has 2 heteroatoms. The molecule has 0 aromatic carbocycles. The van der Waals surface area contributed by atoms with Crippen LogP contribution in [0.25, 0.3) is 0 Å². The van der Waals surface area contributed by atoms with Crippen molar-refractivity contribution in [2.75, 3.05) is 0 Å². The summed E-state index contributed by atoms with van der Waals surface area (Å²) in [6, 6.07) is 1.85. The molecule has 0 bridgehead atoms. The average Bonchev–Trinajstić information content (AvgIpc) is 2.32. The Kier molecular flexibility index (Phi) is 2.09. The van der Waals surface area contributed by atoms with Crippen molar-refractivity contribution in [1.29, 1.82) is 0 Å². The van der Waals surface area contributed by atoms with Crippen LogP contribution in [0.4, 0.5) is 0 Å². The van der Waals surface area contributed by atoms with E-state index in [2.05, 4.69) is 0 Å².